The van der Waals surface area contributed by atoms with Crippen LogP contribution in [0.15, 0.2) is 36.5 Å². The summed E-state index contributed by atoms with van der Waals surface area (Å²) >= 11 is 0.701. The van der Waals surface area contributed by atoms with Gasteiger partial charge in [-0.15, -0.1) is 12.8 Å². The minimum absolute atomic E-state index is 0. The Labute approximate surface area is 154 Å². The van der Waals surface area contributed by atoms with E-state index in [0.29, 0.717) is 24.7 Å². The van der Waals surface area contributed by atoms with Crippen molar-refractivity contribution in [3.63, 3.8) is 0 Å². The standard InChI is InChI=1S/C6H14N.2C5H5.In.Zr.2H/c1-5(2)7-6(3)4;2*1-2-4-5-3-1;;;;/h5-6H,1-4H3;2*1-3H,4H2;;;;/q3*-1;+1;+2;;. The van der Waals surface area contributed by atoms with Crippen molar-refractivity contribution in [2.24, 2.45) is 0 Å². The molecular weight excluding hydrogens is 412 g/mol. The van der Waals surface area contributed by atoms with E-state index >= 15 is 0 Å². The van der Waals surface area contributed by atoms with Gasteiger partial charge in [-0.2, -0.15) is 12.2 Å². The van der Waals surface area contributed by atoms with E-state index in [9.17, 15) is 0 Å². The van der Waals surface area contributed by atoms with Crippen LogP contribution in [-0.2, 0) is 26.2 Å². The van der Waals surface area contributed by atoms with Gasteiger partial charge >= 0.3 is 93.5 Å². The van der Waals surface area contributed by atoms with E-state index in [4.69, 9.17) is 0 Å². The predicted molar refractivity (Wildman–Crippen MR) is 83.8 cm³/mol. The molecule has 0 bridgehead atoms. The van der Waals surface area contributed by atoms with E-state index in [1.165, 1.54) is 0 Å². The Balaban J connectivity index is 0. The van der Waals surface area contributed by atoms with Crippen LogP contribution in [0.3, 0.4) is 0 Å². The van der Waals surface area contributed by atoms with Crippen molar-refractivity contribution in [1.82, 2.24) is 2.89 Å². The van der Waals surface area contributed by atoms with E-state index < -0.39 is 0 Å². The number of allylic oxidation sites excluding steroid dienone is 8. The molecule has 1 nitrogen and oxygen atoms in total. The maximum atomic E-state index is 2.99. The second kappa shape index (κ2) is 15.1. The molecule has 0 heterocycles. The topological polar surface area (TPSA) is 3.24 Å². The third-order valence-electron chi connectivity index (χ3n) is 2.80. The molecule has 0 fully saturated rings. The summed E-state index contributed by atoms with van der Waals surface area (Å²) < 4.78 is 2.54. The number of hydrogen-bond acceptors (Lipinski definition) is 1. The van der Waals surface area contributed by atoms with Crippen LogP contribution in [0.1, 0.15) is 40.5 Å². The molecule has 0 amide bonds. The van der Waals surface area contributed by atoms with Crippen molar-refractivity contribution in [1.29, 1.82) is 0 Å². The smallest absolute Gasteiger partial charge is 0.273 e. The largest absolute Gasteiger partial charge is 2.00 e. The summed E-state index contributed by atoms with van der Waals surface area (Å²) in [6, 6.07) is 1.54. The average molecular weight is 438 g/mol. The minimum atomic E-state index is 0. The Morgan fingerprint density at radius 2 is 1.26 bits per heavy atom. The molecule has 0 aromatic carbocycles. The molecule has 2 aliphatic carbocycles. The number of nitrogens with zero attached hydrogens (tertiary/aromatic N) is 1. The van der Waals surface area contributed by atoms with Crippen molar-refractivity contribution in [3.8, 4) is 0 Å². The van der Waals surface area contributed by atoms with Crippen LogP contribution in [0.4, 0.5) is 0 Å². The molecule has 0 saturated heterocycles. The molecule has 2 rings (SSSR count). The molecule has 0 atom stereocenters. The van der Waals surface area contributed by atoms with Gasteiger partial charge in [0.2, 0.25) is 0 Å². The summed E-state index contributed by atoms with van der Waals surface area (Å²) in [6.45, 7) is 9.04. The van der Waals surface area contributed by atoms with Crippen LogP contribution >= 0.6 is 0 Å². The predicted octanol–water partition coefficient (Wildman–Crippen LogP) is 3.26. The molecule has 0 saturated carbocycles. The summed E-state index contributed by atoms with van der Waals surface area (Å²) in [5.74, 6) is 0. The van der Waals surface area contributed by atoms with Crippen molar-refractivity contribution in [2.45, 2.75) is 52.6 Å². The van der Waals surface area contributed by atoms with Gasteiger partial charge in [-0.1, -0.05) is 0 Å². The molecule has 0 aliphatic heterocycles. The molecule has 0 unspecified atom stereocenters. The molecule has 19 heavy (non-hydrogen) atoms. The third kappa shape index (κ3) is 14.9. The SMILES string of the molecule is CC(C)[N]([InH2])C(C)C.[C-]1=CC=CC1.[C-]1=CC=CC1.[Zr+2]. The Bertz CT molecular complexity index is 254. The van der Waals surface area contributed by atoms with Gasteiger partial charge in [0.05, 0.1) is 0 Å². The first-order valence-electron chi connectivity index (χ1n) is 6.71. The van der Waals surface area contributed by atoms with Crippen LogP contribution in [0.5, 0.6) is 0 Å². The van der Waals surface area contributed by atoms with E-state index in [1.54, 1.807) is 0 Å². The van der Waals surface area contributed by atoms with Gasteiger partial charge in [0, 0.05) is 0 Å². The summed E-state index contributed by atoms with van der Waals surface area (Å²) in [5, 5.41) is 0. The zero-order chi connectivity index (χ0) is 13.8. The monoisotopic (exact) mass is 437 g/mol. The zero-order valence-electron chi connectivity index (χ0n) is 13.0. The molecule has 0 spiro atoms. The molecule has 0 aromatic heterocycles. The Morgan fingerprint density at radius 3 is 1.32 bits per heavy atom. The number of hydrogen-bond donors (Lipinski definition) is 0. The van der Waals surface area contributed by atoms with Gasteiger partial charge in [-0.05, 0) is 0 Å². The van der Waals surface area contributed by atoms with Crippen molar-refractivity contribution >= 4 is 24.7 Å². The van der Waals surface area contributed by atoms with E-state index in [-0.39, 0.29) is 26.2 Å². The molecule has 0 N–H and O–H groups in total. The van der Waals surface area contributed by atoms with Gasteiger partial charge in [-0.3, -0.25) is 12.2 Å². The average Bonchev–Trinajstić information content (AvgIpc) is 3.05. The van der Waals surface area contributed by atoms with Crippen LogP contribution in [-0.4, -0.2) is 39.6 Å². The minimum Gasteiger partial charge on any atom is -0.273 e. The Kier molecular flexibility index (Phi) is 17.4. The third-order valence-corrected chi connectivity index (χ3v) is 8.70. The first kappa shape index (κ1) is 22.0. The molecule has 2 aliphatic rings. The van der Waals surface area contributed by atoms with E-state index in [2.05, 4.69) is 54.9 Å². The van der Waals surface area contributed by atoms with Gasteiger partial charge in [0.25, 0.3) is 0 Å². The zero-order valence-corrected chi connectivity index (χ0v) is 21.1. The summed E-state index contributed by atoms with van der Waals surface area (Å²) in [7, 11) is 0. The second-order valence-electron chi connectivity index (χ2n) is 4.86. The maximum absolute atomic E-state index is 2.99. The normalized spacial score (nSPS) is 14.3. The summed E-state index contributed by atoms with van der Waals surface area (Å²) in [5.41, 5.74) is 0. The summed E-state index contributed by atoms with van der Waals surface area (Å²) in [6.07, 6.45) is 20.0. The van der Waals surface area contributed by atoms with Crippen LogP contribution in [0.2, 0.25) is 0 Å². The first-order valence-corrected chi connectivity index (χ1v) is 9.26. The Hall–Kier alpha value is 0.673. The van der Waals surface area contributed by atoms with Gasteiger partial charge in [0.1, 0.15) is 0 Å². The van der Waals surface area contributed by atoms with E-state index in [1.807, 2.05) is 24.3 Å². The molecule has 0 radical (unpaired) electrons. The van der Waals surface area contributed by atoms with Crippen molar-refractivity contribution in [3.05, 3.63) is 48.6 Å². The maximum Gasteiger partial charge on any atom is 2.00 e. The van der Waals surface area contributed by atoms with Crippen LogP contribution in [0.25, 0.3) is 0 Å². The molecular formula is C16H26InNZr. The quantitative estimate of drug-likeness (QED) is 0.599. The molecule has 0 aromatic rings. The fourth-order valence-electron chi connectivity index (χ4n) is 1.28. The van der Waals surface area contributed by atoms with Gasteiger partial charge < -0.3 is 0 Å². The summed E-state index contributed by atoms with van der Waals surface area (Å²) in [4.78, 5) is 0. The Morgan fingerprint density at radius 1 is 0.895 bits per heavy atom. The van der Waals surface area contributed by atoms with Gasteiger partial charge in [-0.25, -0.2) is 24.3 Å². The fraction of sp³-hybridized carbons (Fsp3) is 0.500. The van der Waals surface area contributed by atoms with Crippen LogP contribution in [0, 0.1) is 12.2 Å². The molecule has 3 heteroatoms. The van der Waals surface area contributed by atoms with Crippen LogP contribution < -0.4 is 0 Å². The van der Waals surface area contributed by atoms with Crippen molar-refractivity contribution in [2.75, 3.05) is 0 Å². The van der Waals surface area contributed by atoms with E-state index in [0.717, 1.165) is 24.9 Å². The van der Waals surface area contributed by atoms with Crippen molar-refractivity contribution < 1.29 is 26.2 Å². The second-order valence-corrected chi connectivity index (χ2v) is 7.81. The first-order chi connectivity index (χ1) is 8.55. The number of rotatable bonds is 2. The fourth-order valence-corrected chi connectivity index (χ4v) is 1.28. The molecule has 102 valence electrons. The van der Waals surface area contributed by atoms with Gasteiger partial charge in [0.15, 0.2) is 0 Å².